The number of benzene rings is 1. The van der Waals surface area contributed by atoms with Crippen LogP contribution in [0.3, 0.4) is 0 Å². The lowest BCUT2D eigenvalue weighted by molar-refractivity contribution is -0.143. The van der Waals surface area contributed by atoms with Crippen LogP contribution in [-0.4, -0.2) is 41.9 Å². The average Bonchev–Trinajstić information content (AvgIpc) is 2.80. The van der Waals surface area contributed by atoms with Crippen molar-refractivity contribution in [3.05, 3.63) is 30.1 Å². The number of halogens is 1. The van der Waals surface area contributed by atoms with E-state index in [1.165, 1.54) is 24.3 Å². The van der Waals surface area contributed by atoms with Crippen molar-refractivity contribution in [2.24, 2.45) is 0 Å². The van der Waals surface area contributed by atoms with Crippen molar-refractivity contribution in [3.8, 4) is 0 Å². The van der Waals surface area contributed by atoms with Crippen molar-refractivity contribution in [2.75, 3.05) is 18.4 Å². The molecule has 2 aliphatic rings. The van der Waals surface area contributed by atoms with Gasteiger partial charge in [-0.2, -0.15) is 0 Å². The van der Waals surface area contributed by atoms with Crippen LogP contribution in [0.15, 0.2) is 24.3 Å². The number of anilines is 1. The molecule has 0 unspecified atom stereocenters. The summed E-state index contributed by atoms with van der Waals surface area (Å²) in [6.07, 6.45) is 3.08. The second-order valence-electron chi connectivity index (χ2n) is 5.64. The average molecular weight is 291 g/mol. The van der Waals surface area contributed by atoms with E-state index in [1.807, 2.05) is 0 Å². The fraction of sp³-hybridized carbons (Fsp3) is 0.467. The fourth-order valence-corrected chi connectivity index (χ4v) is 2.99. The van der Waals surface area contributed by atoms with Crippen LogP contribution in [0.2, 0.25) is 0 Å². The van der Waals surface area contributed by atoms with E-state index < -0.39 is 11.8 Å². The molecular weight excluding hydrogens is 273 g/mol. The van der Waals surface area contributed by atoms with Crippen molar-refractivity contribution in [3.63, 3.8) is 0 Å². The largest absolute Gasteiger partial charge is 0.333 e. The van der Waals surface area contributed by atoms with E-state index in [2.05, 4.69) is 10.6 Å². The fourth-order valence-electron chi connectivity index (χ4n) is 2.99. The van der Waals surface area contributed by atoms with Crippen molar-refractivity contribution in [2.45, 2.75) is 31.3 Å². The van der Waals surface area contributed by atoms with Crippen LogP contribution in [-0.2, 0) is 9.59 Å². The first kappa shape index (κ1) is 14.0. The molecule has 6 heteroatoms. The van der Waals surface area contributed by atoms with Gasteiger partial charge in [0.15, 0.2) is 0 Å². The summed E-state index contributed by atoms with van der Waals surface area (Å²) in [5, 5.41) is 5.98. The van der Waals surface area contributed by atoms with Crippen molar-refractivity contribution < 1.29 is 14.0 Å². The Labute approximate surface area is 122 Å². The van der Waals surface area contributed by atoms with Crippen LogP contribution < -0.4 is 10.6 Å². The van der Waals surface area contributed by atoms with Gasteiger partial charge < -0.3 is 15.5 Å². The third-order valence-corrected chi connectivity index (χ3v) is 4.11. The van der Waals surface area contributed by atoms with Gasteiger partial charge in [-0.3, -0.25) is 9.59 Å². The first-order chi connectivity index (χ1) is 10.1. The topological polar surface area (TPSA) is 61.4 Å². The Hall–Kier alpha value is -1.95. The molecular formula is C15H18FN3O2. The molecule has 5 nitrogen and oxygen atoms in total. The van der Waals surface area contributed by atoms with Gasteiger partial charge in [0.2, 0.25) is 0 Å². The number of rotatable bonds is 1. The van der Waals surface area contributed by atoms with Gasteiger partial charge >= 0.3 is 11.8 Å². The first-order valence-electron chi connectivity index (χ1n) is 7.24. The SMILES string of the molecule is O=C(Nc1ccc(F)cc1)C(=O)N1CC[C@H]2CC[C@@H](C1)N2. The van der Waals surface area contributed by atoms with Gasteiger partial charge in [0.05, 0.1) is 0 Å². The second-order valence-corrected chi connectivity index (χ2v) is 5.64. The van der Waals surface area contributed by atoms with E-state index >= 15 is 0 Å². The molecule has 1 aromatic rings. The second kappa shape index (κ2) is 5.81. The minimum atomic E-state index is -0.667. The predicted octanol–water partition coefficient (Wildman–Crippen LogP) is 1.12. The molecule has 0 spiro atoms. The highest BCUT2D eigenvalue weighted by Crippen LogP contribution is 2.20. The highest BCUT2D eigenvalue weighted by atomic mass is 19.1. The maximum Gasteiger partial charge on any atom is 0.313 e. The summed E-state index contributed by atoms with van der Waals surface area (Å²) in [5.41, 5.74) is 0.421. The molecule has 112 valence electrons. The molecule has 2 saturated heterocycles. The Morgan fingerprint density at radius 1 is 1.14 bits per heavy atom. The minimum Gasteiger partial charge on any atom is -0.333 e. The maximum atomic E-state index is 12.8. The maximum absolute atomic E-state index is 12.8. The van der Waals surface area contributed by atoms with Gasteiger partial charge in [-0.05, 0) is 43.5 Å². The zero-order valence-electron chi connectivity index (χ0n) is 11.6. The Balaban J connectivity index is 1.61. The van der Waals surface area contributed by atoms with E-state index in [4.69, 9.17) is 0 Å². The van der Waals surface area contributed by atoms with Gasteiger partial charge in [0.1, 0.15) is 5.82 Å². The van der Waals surface area contributed by atoms with E-state index in [1.54, 1.807) is 4.90 Å². The van der Waals surface area contributed by atoms with E-state index in [-0.39, 0.29) is 5.82 Å². The summed E-state index contributed by atoms with van der Waals surface area (Å²) in [6, 6.07) is 6.12. The van der Waals surface area contributed by atoms with Gasteiger partial charge in [0.25, 0.3) is 0 Å². The lowest BCUT2D eigenvalue weighted by atomic mass is 10.1. The Kier molecular flexibility index (Phi) is 3.88. The molecule has 21 heavy (non-hydrogen) atoms. The van der Waals surface area contributed by atoms with Crippen LogP contribution in [0.1, 0.15) is 19.3 Å². The molecule has 2 bridgehead atoms. The zero-order chi connectivity index (χ0) is 14.8. The monoisotopic (exact) mass is 291 g/mol. The van der Waals surface area contributed by atoms with E-state index in [9.17, 15) is 14.0 Å². The number of nitrogens with zero attached hydrogens (tertiary/aromatic N) is 1. The highest BCUT2D eigenvalue weighted by Gasteiger charge is 2.33. The number of carbonyl (C=O) groups excluding carboxylic acids is 2. The third-order valence-electron chi connectivity index (χ3n) is 4.11. The Bertz CT molecular complexity index is 546. The molecule has 0 aliphatic carbocycles. The van der Waals surface area contributed by atoms with E-state index in [0.717, 1.165) is 19.3 Å². The summed E-state index contributed by atoms with van der Waals surface area (Å²) in [7, 11) is 0. The van der Waals surface area contributed by atoms with Crippen LogP contribution in [0.5, 0.6) is 0 Å². The zero-order valence-corrected chi connectivity index (χ0v) is 11.6. The summed E-state index contributed by atoms with van der Waals surface area (Å²) in [4.78, 5) is 25.8. The lowest BCUT2D eigenvalue weighted by Crippen LogP contribution is -2.44. The van der Waals surface area contributed by atoms with Gasteiger partial charge in [-0.15, -0.1) is 0 Å². The summed E-state index contributed by atoms with van der Waals surface area (Å²) >= 11 is 0. The van der Waals surface area contributed by atoms with Crippen LogP contribution in [0, 0.1) is 5.82 Å². The van der Waals surface area contributed by atoms with Crippen LogP contribution in [0.25, 0.3) is 0 Å². The molecule has 2 N–H and O–H groups in total. The number of carbonyl (C=O) groups is 2. The predicted molar refractivity (Wildman–Crippen MR) is 76.2 cm³/mol. The number of amides is 2. The lowest BCUT2D eigenvalue weighted by Gasteiger charge is -2.23. The minimum absolute atomic E-state index is 0.292. The molecule has 3 rings (SSSR count). The van der Waals surface area contributed by atoms with Crippen molar-refractivity contribution in [1.29, 1.82) is 0 Å². The molecule has 0 saturated carbocycles. The summed E-state index contributed by atoms with van der Waals surface area (Å²) in [6.45, 7) is 1.18. The van der Waals surface area contributed by atoms with Gasteiger partial charge in [0, 0.05) is 30.9 Å². The number of hydrogen-bond acceptors (Lipinski definition) is 3. The number of fused-ring (bicyclic) bond motifs is 2. The third kappa shape index (κ3) is 3.21. The molecule has 1 aromatic carbocycles. The molecule has 2 fully saturated rings. The van der Waals surface area contributed by atoms with Crippen molar-refractivity contribution in [1.82, 2.24) is 10.2 Å². The number of nitrogens with one attached hydrogen (secondary N) is 2. The Morgan fingerprint density at radius 3 is 2.62 bits per heavy atom. The molecule has 0 radical (unpaired) electrons. The number of likely N-dealkylation sites (tertiary alicyclic amines) is 1. The van der Waals surface area contributed by atoms with Gasteiger partial charge in [-0.25, -0.2) is 4.39 Å². The number of hydrogen-bond donors (Lipinski definition) is 2. The van der Waals surface area contributed by atoms with E-state index in [0.29, 0.717) is 30.9 Å². The van der Waals surface area contributed by atoms with Gasteiger partial charge in [-0.1, -0.05) is 0 Å². The highest BCUT2D eigenvalue weighted by molar-refractivity contribution is 6.39. The normalized spacial score (nSPS) is 24.5. The molecule has 0 aromatic heterocycles. The first-order valence-corrected chi connectivity index (χ1v) is 7.24. The molecule has 2 amide bonds. The Morgan fingerprint density at radius 2 is 1.86 bits per heavy atom. The summed E-state index contributed by atoms with van der Waals surface area (Å²) < 4.78 is 12.8. The molecule has 2 aliphatic heterocycles. The molecule has 2 heterocycles. The van der Waals surface area contributed by atoms with Crippen molar-refractivity contribution >= 4 is 17.5 Å². The van der Waals surface area contributed by atoms with Crippen LogP contribution in [0.4, 0.5) is 10.1 Å². The summed E-state index contributed by atoms with van der Waals surface area (Å²) in [5.74, 6) is -1.57. The quantitative estimate of drug-likeness (QED) is 0.762. The van der Waals surface area contributed by atoms with Crippen LogP contribution >= 0.6 is 0 Å². The smallest absolute Gasteiger partial charge is 0.313 e. The molecule has 2 atom stereocenters. The standard InChI is InChI=1S/C15H18FN3O2/c16-10-1-3-11(4-2-10)18-14(20)15(21)19-8-7-12-5-6-13(9-19)17-12/h1-4,12-13,17H,5-9H2,(H,18,20)/t12-,13+/m1/s1.